The number of allylic oxidation sites excluding steroid dienone is 2. The first-order chi connectivity index (χ1) is 5.79. The second-order valence-corrected chi connectivity index (χ2v) is 3.21. The minimum Gasteiger partial charge on any atom is -0.370 e. The molecule has 0 aromatic rings. The van der Waals surface area contributed by atoms with Gasteiger partial charge >= 0.3 is 0 Å². The second-order valence-electron chi connectivity index (χ2n) is 3.21. The van der Waals surface area contributed by atoms with Crippen molar-refractivity contribution in [2.24, 2.45) is 11.7 Å². The van der Waals surface area contributed by atoms with E-state index in [0.29, 0.717) is 0 Å². The van der Waals surface area contributed by atoms with Crippen LogP contribution in [0.4, 0.5) is 0 Å². The van der Waals surface area contributed by atoms with Crippen molar-refractivity contribution in [3.8, 4) is 0 Å². The molecule has 0 spiro atoms. The number of carbonyl (C=O) groups excluding carboxylic acids is 1. The van der Waals surface area contributed by atoms with Gasteiger partial charge in [0.25, 0.3) is 0 Å². The number of hydrogen-bond donors (Lipinski definition) is 1. The number of rotatable bonds is 1. The molecule has 0 aromatic carbocycles. The van der Waals surface area contributed by atoms with Gasteiger partial charge in [0.15, 0.2) is 0 Å². The third-order valence-electron chi connectivity index (χ3n) is 2.48. The van der Waals surface area contributed by atoms with E-state index in [2.05, 4.69) is 11.0 Å². The maximum atomic E-state index is 11.0. The summed E-state index contributed by atoms with van der Waals surface area (Å²) < 4.78 is 0. The topological polar surface area (TPSA) is 46.3 Å². The SMILES string of the molecule is Cl.Cl.NC(=O)C1CCN2CC=CC=C12. The van der Waals surface area contributed by atoms with Gasteiger partial charge in [0.05, 0.1) is 5.92 Å². The highest BCUT2D eigenvalue weighted by Gasteiger charge is 2.31. The van der Waals surface area contributed by atoms with Crippen molar-refractivity contribution < 1.29 is 4.79 Å². The van der Waals surface area contributed by atoms with Gasteiger partial charge in [-0.2, -0.15) is 0 Å². The molecule has 0 aromatic heterocycles. The Morgan fingerprint density at radius 1 is 1.50 bits per heavy atom. The minimum absolute atomic E-state index is 0. The summed E-state index contributed by atoms with van der Waals surface area (Å²) in [5.41, 5.74) is 6.38. The Balaban J connectivity index is 0.000000845. The van der Waals surface area contributed by atoms with E-state index >= 15 is 0 Å². The van der Waals surface area contributed by atoms with Crippen LogP contribution in [0.25, 0.3) is 0 Å². The normalized spacial score (nSPS) is 23.0. The number of fused-ring (bicyclic) bond motifs is 1. The van der Waals surface area contributed by atoms with Crippen LogP contribution in [0.5, 0.6) is 0 Å². The lowest BCUT2D eigenvalue weighted by Crippen LogP contribution is -2.26. The van der Waals surface area contributed by atoms with Gasteiger partial charge in [0, 0.05) is 18.8 Å². The van der Waals surface area contributed by atoms with Gasteiger partial charge < -0.3 is 10.6 Å². The van der Waals surface area contributed by atoms with Gasteiger partial charge in [0.2, 0.25) is 5.91 Å². The molecule has 1 amide bonds. The average Bonchev–Trinajstić information content (AvgIpc) is 2.47. The van der Waals surface area contributed by atoms with Gasteiger partial charge in [-0.1, -0.05) is 12.2 Å². The maximum absolute atomic E-state index is 11.0. The smallest absolute Gasteiger partial charge is 0.226 e. The molecule has 2 aliphatic heterocycles. The number of nitrogens with zero attached hydrogens (tertiary/aromatic N) is 1. The van der Waals surface area contributed by atoms with E-state index in [1.165, 1.54) is 0 Å². The Labute approximate surface area is 95.8 Å². The number of primary amides is 1. The molecule has 5 heteroatoms. The van der Waals surface area contributed by atoms with Gasteiger partial charge in [-0.25, -0.2) is 0 Å². The molecule has 2 heterocycles. The predicted molar refractivity (Wildman–Crippen MR) is 60.6 cm³/mol. The number of carbonyl (C=O) groups is 1. The van der Waals surface area contributed by atoms with Gasteiger partial charge in [0.1, 0.15) is 0 Å². The van der Waals surface area contributed by atoms with Crippen LogP contribution in [0, 0.1) is 5.92 Å². The van der Waals surface area contributed by atoms with Gasteiger partial charge in [-0.3, -0.25) is 4.79 Å². The van der Waals surface area contributed by atoms with Crippen molar-refractivity contribution in [1.29, 1.82) is 0 Å². The van der Waals surface area contributed by atoms with Crippen LogP contribution in [0.2, 0.25) is 0 Å². The summed E-state index contributed by atoms with van der Waals surface area (Å²) in [5.74, 6) is -0.242. The first-order valence-corrected chi connectivity index (χ1v) is 4.20. The molecule has 3 nitrogen and oxygen atoms in total. The molecule has 1 fully saturated rings. The standard InChI is InChI=1S/C9H12N2O.2ClH/c10-9(12)7-4-6-11-5-2-1-3-8(7)11;;/h1-3,7H,4-6H2,(H2,10,12);2*1H. The van der Waals surface area contributed by atoms with E-state index < -0.39 is 0 Å². The fraction of sp³-hybridized carbons (Fsp3) is 0.444. The summed E-state index contributed by atoms with van der Waals surface area (Å²) in [4.78, 5) is 13.2. The average molecular weight is 237 g/mol. The van der Waals surface area contributed by atoms with E-state index in [0.717, 1.165) is 25.2 Å². The first kappa shape index (κ1) is 13.3. The van der Waals surface area contributed by atoms with Crippen molar-refractivity contribution in [2.75, 3.05) is 13.1 Å². The van der Waals surface area contributed by atoms with Gasteiger partial charge in [-0.15, -0.1) is 24.8 Å². The summed E-state index contributed by atoms with van der Waals surface area (Å²) in [6.45, 7) is 1.89. The number of halogens is 2. The zero-order valence-corrected chi connectivity index (χ0v) is 9.31. The fourth-order valence-electron chi connectivity index (χ4n) is 1.84. The summed E-state index contributed by atoms with van der Waals surface area (Å²) in [5, 5.41) is 0. The van der Waals surface area contributed by atoms with Crippen molar-refractivity contribution in [3.05, 3.63) is 23.9 Å². The molecule has 1 atom stereocenters. The number of hydrogen-bond acceptors (Lipinski definition) is 2. The molecule has 0 radical (unpaired) electrons. The Morgan fingerprint density at radius 3 is 2.86 bits per heavy atom. The highest BCUT2D eigenvalue weighted by atomic mass is 35.5. The van der Waals surface area contributed by atoms with Crippen LogP contribution in [-0.4, -0.2) is 23.9 Å². The van der Waals surface area contributed by atoms with Crippen LogP contribution in [-0.2, 0) is 4.79 Å². The first-order valence-electron chi connectivity index (χ1n) is 4.20. The third kappa shape index (κ3) is 2.22. The van der Waals surface area contributed by atoms with Crippen LogP contribution in [0.1, 0.15) is 6.42 Å². The molecule has 0 aliphatic carbocycles. The Kier molecular flexibility index (Phi) is 5.02. The molecule has 14 heavy (non-hydrogen) atoms. The van der Waals surface area contributed by atoms with Crippen molar-refractivity contribution in [1.82, 2.24) is 4.90 Å². The van der Waals surface area contributed by atoms with Crippen LogP contribution < -0.4 is 5.73 Å². The molecule has 2 aliphatic rings. The molecule has 1 saturated heterocycles. The highest BCUT2D eigenvalue weighted by molar-refractivity contribution is 5.85. The van der Waals surface area contributed by atoms with Crippen LogP contribution in [0.15, 0.2) is 23.9 Å². The van der Waals surface area contributed by atoms with Crippen LogP contribution in [0.3, 0.4) is 0 Å². The molecular formula is C9H14Cl2N2O. The molecule has 80 valence electrons. The van der Waals surface area contributed by atoms with Crippen LogP contribution >= 0.6 is 24.8 Å². The van der Waals surface area contributed by atoms with Gasteiger partial charge in [-0.05, 0) is 12.5 Å². The zero-order chi connectivity index (χ0) is 8.55. The summed E-state index contributed by atoms with van der Waals surface area (Å²) >= 11 is 0. The number of nitrogens with two attached hydrogens (primary N) is 1. The zero-order valence-electron chi connectivity index (χ0n) is 7.68. The van der Waals surface area contributed by atoms with Crippen molar-refractivity contribution in [3.63, 3.8) is 0 Å². The molecule has 1 unspecified atom stereocenters. The Hall–Kier alpha value is -0.670. The summed E-state index contributed by atoms with van der Waals surface area (Å²) in [6, 6.07) is 0. The Bertz CT molecular complexity index is 276. The third-order valence-corrected chi connectivity index (χ3v) is 2.48. The monoisotopic (exact) mass is 236 g/mol. The molecular weight excluding hydrogens is 223 g/mol. The summed E-state index contributed by atoms with van der Waals surface area (Å²) in [6.07, 6.45) is 6.95. The van der Waals surface area contributed by atoms with Crippen molar-refractivity contribution in [2.45, 2.75) is 6.42 Å². The van der Waals surface area contributed by atoms with E-state index in [-0.39, 0.29) is 36.6 Å². The lowest BCUT2D eigenvalue weighted by atomic mass is 10.0. The van der Waals surface area contributed by atoms with E-state index in [4.69, 9.17) is 5.73 Å². The molecule has 2 rings (SSSR count). The Morgan fingerprint density at radius 2 is 2.21 bits per heavy atom. The molecule has 2 N–H and O–H groups in total. The maximum Gasteiger partial charge on any atom is 0.226 e. The predicted octanol–water partition coefficient (Wildman–Crippen LogP) is 1.09. The second kappa shape index (κ2) is 5.27. The summed E-state index contributed by atoms with van der Waals surface area (Å²) in [7, 11) is 0. The number of amides is 1. The van der Waals surface area contributed by atoms with E-state index in [9.17, 15) is 4.79 Å². The quantitative estimate of drug-likeness (QED) is 0.742. The molecule has 0 bridgehead atoms. The molecule has 0 saturated carbocycles. The van der Waals surface area contributed by atoms with E-state index in [1.54, 1.807) is 0 Å². The highest BCUT2D eigenvalue weighted by Crippen LogP contribution is 2.29. The largest absolute Gasteiger partial charge is 0.370 e. The lowest BCUT2D eigenvalue weighted by molar-refractivity contribution is -0.120. The van der Waals surface area contributed by atoms with E-state index in [1.807, 2.05) is 12.2 Å². The fourth-order valence-corrected chi connectivity index (χ4v) is 1.84. The minimum atomic E-state index is -0.195. The van der Waals surface area contributed by atoms with Crippen molar-refractivity contribution >= 4 is 30.7 Å². The lowest BCUT2D eigenvalue weighted by Gasteiger charge is -2.21.